The minimum absolute atomic E-state index is 0.226. The van der Waals surface area contributed by atoms with E-state index in [0.29, 0.717) is 11.6 Å². The molecule has 0 aliphatic rings. The molecule has 0 bridgehead atoms. The molecule has 2 N–H and O–H groups in total. The van der Waals surface area contributed by atoms with Crippen LogP contribution in [0.2, 0.25) is 0 Å². The number of para-hydroxylation sites is 1. The number of rotatable bonds is 7. The summed E-state index contributed by atoms with van der Waals surface area (Å²) >= 11 is 0. The van der Waals surface area contributed by atoms with Crippen LogP contribution in [0.25, 0.3) is 0 Å². The van der Waals surface area contributed by atoms with E-state index >= 15 is 0 Å². The van der Waals surface area contributed by atoms with Gasteiger partial charge in [-0.15, -0.1) is 0 Å². The molecule has 0 radical (unpaired) electrons. The summed E-state index contributed by atoms with van der Waals surface area (Å²) < 4.78 is 27.4. The molecule has 2 aromatic carbocycles. The highest BCUT2D eigenvalue weighted by molar-refractivity contribution is 5.59. The van der Waals surface area contributed by atoms with Gasteiger partial charge in [-0.1, -0.05) is 36.4 Å². The van der Waals surface area contributed by atoms with Gasteiger partial charge in [0, 0.05) is 12.6 Å². The van der Waals surface area contributed by atoms with Crippen molar-refractivity contribution in [1.82, 2.24) is 9.97 Å². The fourth-order valence-electron chi connectivity index (χ4n) is 2.42. The van der Waals surface area contributed by atoms with Crippen molar-refractivity contribution in [3.05, 3.63) is 78.1 Å². The van der Waals surface area contributed by atoms with Gasteiger partial charge >= 0.3 is 0 Å². The van der Waals surface area contributed by atoms with Gasteiger partial charge < -0.3 is 10.6 Å². The van der Waals surface area contributed by atoms with Crippen molar-refractivity contribution >= 4 is 17.3 Å². The van der Waals surface area contributed by atoms with Crippen LogP contribution in [0.5, 0.6) is 0 Å². The molecule has 0 aliphatic heterocycles. The van der Waals surface area contributed by atoms with Crippen molar-refractivity contribution in [3.8, 4) is 0 Å². The Morgan fingerprint density at radius 3 is 2.32 bits per heavy atom. The zero-order valence-corrected chi connectivity index (χ0v) is 13.5. The summed E-state index contributed by atoms with van der Waals surface area (Å²) in [7, 11) is 0. The molecule has 0 saturated carbocycles. The highest BCUT2D eigenvalue weighted by Gasteiger charge is 2.09. The Bertz CT molecular complexity index is 804. The second-order valence-corrected chi connectivity index (χ2v) is 5.53. The van der Waals surface area contributed by atoms with Gasteiger partial charge in [-0.3, -0.25) is 0 Å². The molecule has 0 spiro atoms. The summed E-state index contributed by atoms with van der Waals surface area (Å²) in [6.07, 6.45) is 3.25. The average Bonchev–Trinajstić information content (AvgIpc) is 2.63. The lowest BCUT2D eigenvalue weighted by Gasteiger charge is -2.10. The lowest BCUT2D eigenvalue weighted by atomic mass is 10.1. The lowest BCUT2D eigenvalue weighted by molar-refractivity contribution is 0.590. The zero-order valence-electron chi connectivity index (χ0n) is 13.5. The summed E-state index contributed by atoms with van der Waals surface area (Å²) in [6, 6.07) is 15.5. The van der Waals surface area contributed by atoms with Crippen LogP contribution in [-0.2, 0) is 6.42 Å². The van der Waals surface area contributed by atoms with Crippen molar-refractivity contribution < 1.29 is 8.78 Å². The number of aryl methyl sites for hydroxylation is 1. The van der Waals surface area contributed by atoms with Gasteiger partial charge in [-0.25, -0.2) is 18.7 Å². The van der Waals surface area contributed by atoms with Gasteiger partial charge in [-0.2, -0.15) is 0 Å². The smallest absolute Gasteiger partial charge is 0.149 e. The van der Waals surface area contributed by atoms with Crippen molar-refractivity contribution in [2.24, 2.45) is 0 Å². The third-order valence-corrected chi connectivity index (χ3v) is 3.67. The highest BCUT2D eigenvalue weighted by atomic mass is 19.1. The Morgan fingerprint density at radius 1 is 0.840 bits per heavy atom. The molecule has 0 fully saturated rings. The highest BCUT2D eigenvalue weighted by Crippen LogP contribution is 2.22. The molecule has 0 unspecified atom stereocenters. The number of anilines is 3. The molecule has 25 heavy (non-hydrogen) atoms. The first-order valence-corrected chi connectivity index (χ1v) is 8.03. The number of nitrogens with one attached hydrogen (secondary N) is 2. The van der Waals surface area contributed by atoms with E-state index in [1.807, 2.05) is 18.2 Å². The molecule has 3 aromatic rings. The molecular formula is C19H18F2N4. The maximum absolute atomic E-state index is 13.7. The van der Waals surface area contributed by atoms with Gasteiger partial charge in [-0.05, 0) is 30.5 Å². The molecule has 0 saturated heterocycles. The first-order valence-electron chi connectivity index (χ1n) is 8.03. The van der Waals surface area contributed by atoms with Crippen LogP contribution >= 0.6 is 0 Å². The molecule has 128 valence electrons. The SMILES string of the molecule is Fc1cccc(F)c1Nc1cc(NCCCc2ccccc2)ncn1. The third-order valence-electron chi connectivity index (χ3n) is 3.67. The fourth-order valence-corrected chi connectivity index (χ4v) is 2.42. The Kier molecular flexibility index (Phi) is 5.51. The molecule has 6 heteroatoms. The third kappa shape index (κ3) is 4.73. The van der Waals surface area contributed by atoms with E-state index < -0.39 is 11.6 Å². The molecule has 1 aromatic heterocycles. The van der Waals surface area contributed by atoms with Crippen molar-refractivity contribution in [1.29, 1.82) is 0 Å². The van der Waals surface area contributed by atoms with Crippen LogP contribution in [0.15, 0.2) is 60.9 Å². The standard InChI is InChI=1S/C19H18F2N4/c20-15-9-4-10-16(21)19(15)25-18-12-17(23-13-24-18)22-11-5-8-14-6-2-1-3-7-14/h1-4,6-7,9-10,12-13H,5,8,11H2,(H2,22,23,24,25). The van der Waals surface area contributed by atoms with E-state index in [2.05, 4.69) is 32.7 Å². The predicted octanol–water partition coefficient (Wildman–Crippen LogP) is 4.54. The number of nitrogens with zero attached hydrogens (tertiary/aromatic N) is 2. The van der Waals surface area contributed by atoms with Crippen LogP contribution in [0, 0.1) is 11.6 Å². The summed E-state index contributed by atoms with van der Waals surface area (Å²) in [5.41, 5.74) is 1.06. The second kappa shape index (κ2) is 8.19. The topological polar surface area (TPSA) is 49.8 Å². The maximum Gasteiger partial charge on any atom is 0.149 e. The molecule has 0 amide bonds. The number of hydrogen-bond donors (Lipinski definition) is 2. The molecule has 0 aliphatic carbocycles. The number of aromatic nitrogens is 2. The molecule has 4 nitrogen and oxygen atoms in total. The maximum atomic E-state index is 13.7. The quantitative estimate of drug-likeness (QED) is 0.620. The average molecular weight is 340 g/mol. The fraction of sp³-hybridized carbons (Fsp3) is 0.158. The number of benzene rings is 2. The van der Waals surface area contributed by atoms with Gasteiger partial charge in [0.05, 0.1) is 0 Å². The van der Waals surface area contributed by atoms with E-state index in [4.69, 9.17) is 0 Å². The Balaban J connectivity index is 1.56. The summed E-state index contributed by atoms with van der Waals surface area (Å²) in [6.45, 7) is 0.736. The zero-order chi connectivity index (χ0) is 17.5. The molecular weight excluding hydrogens is 322 g/mol. The van der Waals surface area contributed by atoms with Crippen LogP contribution < -0.4 is 10.6 Å². The summed E-state index contributed by atoms with van der Waals surface area (Å²) in [5.74, 6) is -0.418. The van der Waals surface area contributed by atoms with E-state index in [1.165, 1.54) is 30.1 Å². The van der Waals surface area contributed by atoms with E-state index in [9.17, 15) is 8.78 Å². The first kappa shape index (κ1) is 16.8. The van der Waals surface area contributed by atoms with Crippen molar-refractivity contribution in [2.75, 3.05) is 17.2 Å². The predicted molar refractivity (Wildman–Crippen MR) is 94.9 cm³/mol. The van der Waals surface area contributed by atoms with Crippen molar-refractivity contribution in [2.45, 2.75) is 12.8 Å². The summed E-state index contributed by atoms with van der Waals surface area (Å²) in [4.78, 5) is 8.12. The van der Waals surface area contributed by atoms with Crippen LogP contribution in [0.3, 0.4) is 0 Å². The van der Waals surface area contributed by atoms with Crippen molar-refractivity contribution in [3.63, 3.8) is 0 Å². The van der Waals surface area contributed by atoms with E-state index in [1.54, 1.807) is 6.07 Å². The minimum Gasteiger partial charge on any atom is -0.370 e. The first-order chi connectivity index (χ1) is 12.2. The minimum atomic E-state index is -0.670. The Labute approximate surface area is 145 Å². The largest absolute Gasteiger partial charge is 0.370 e. The van der Waals surface area contributed by atoms with E-state index in [-0.39, 0.29) is 5.69 Å². The van der Waals surface area contributed by atoms with Crippen LogP contribution in [0.1, 0.15) is 12.0 Å². The van der Waals surface area contributed by atoms with Gasteiger partial charge in [0.25, 0.3) is 0 Å². The monoisotopic (exact) mass is 340 g/mol. The second-order valence-electron chi connectivity index (χ2n) is 5.53. The van der Waals surface area contributed by atoms with Gasteiger partial charge in [0.2, 0.25) is 0 Å². The van der Waals surface area contributed by atoms with Crippen LogP contribution in [0.4, 0.5) is 26.1 Å². The lowest BCUT2D eigenvalue weighted by Crippen LogP contribution is -2.06. The normalized spacial score (nSPS) is 10.5. The van der Waals surface area contributed by atoms with E-state index in [0.717, 1.165) is 19.4 Å². The molecule has 3 rings (SSSR count). The Hall–Kier alpha value is -3.02. The van der Waals surface area contributed by atoms with Crippen LogP contribution in [-0.4, -0.2) is 16.5 Å². The molecule has 1 heterocycles. The van der Waals surface area contributed by atoms with Gasteiger partial charge in [0.15, 0.2) is 0 Å². The summed E-state index contributed by atoms with van der Waals surface area (Å²) in [5, 5.41) is 5.85. The number of hydrogen-bond acceptors (Lipinski definition) is 4. The Morgan fingerprint density at radius 2 is 1.56 bits per heavy atom. The van der Waals surface area contributed by atoms with Gasteiger partial charge in [0.1, 0.15) is 35.3 Å². The molecule has 0 atom stereocenters. The number of halogens is 2.